The predicted molar refractivity (Wildman–Crippen MR) is 90.6 cm³/mol. The molecule has 4 heteroatoms. The Morgan fingerprint density at radius 2 is 0.800 bits per heavy atom. The standard InChI is InChI=1S/2C8H9BrO/c2*1-5-3-7(9)4-6(2)8(5)10/h2*3-4,10H,1-2H3. The van der Waals surface area contributed by atoms with Gasteiger partial charge in [0.1, 0.15) is 11.5 Å². The SMILES string of the molecule is Cc1cc(Br)cc(C)c1O.Cc1cc(Br)cc(C)c1O. The van der Waals surface area contributed by atoms with E-state index >= 15 is 0 Å². The molecule has 0 aromatic heterocycles. The largest absolute Gasteiger partial charge is 0.507 e. The minimum atomic E-state index is 0.392. The maximum atomic E-state index is 9.31. The maximum absolute atomic E-state index is 9.31. The van der Waals surface area contributed by atoms with Crippen molar-refractivity contribution < 1.29 is 10.2 Å². The Kier molecular flexibility index (Phi) is 6.08. The van der Waals surface area contributed by atoms with Gasteiger partial charge in [0.05, 0.1) is 0 Å². The highest BCUT2D eigenvalue weighted by atomic mass is 79.9. The summed E-state index contributed by atoms with van der Waals surface area (Å²) in [6.45, 7) is 7.53. The average Bonchev–Trinajstić information content (AvgIpc) is 2.33. The third-order valence-electron chi connectivity index (χ3n) is 2.91. The lowest BCUT2D eigenvalue weighted by atomic mass is 10.1. The number of aromatic hydroxyl groups is 2. The molecule has 20 heavy (non-hydrogen) atoms. The minimum absolute atomic E-state index is 0.392. The second kappa shape index (κ2) is 7.14. The zero-order chi connectivity index (χ0) is 15.4. The van der Waals surface area contributed by atoms with Crippen LogP contribution in [0.25, 0.3) is 0 Å². The van der Waals surface area contributed by atoms with Crippen LogP contribution in [-0.2, 0) is 0 Å². The molecule has 0 saturated carbocycles. The Morgan fingerprint density at radius 1 is 0.600 bits per heavy atom. The van der Waals surface area contributed by atoms with Gasteiger partial charge in [-0.15, -0.1) is 0 Å². The Bertz CT molecular complexity index is 520. The zero-order valence-electron chi connectivity index (χ0n) is 12.0. The molecule has 0 heterocycles. The first-order valence-corrected chi connectivity index (χ1v) is 7.72. The third-order valence-corrected chi connectivity index (χ3v) is 3.83. The van der Waals surface area contributed by atoms with Crippen molar-refractivity contribution in [2.75, 3.05) is 0 Å². The Morgan fingerprint density at radius 3 is 1.00 bits per heavy atom. The molecule has 2 rings (SSSR count). The molecule has 0 spiro atoms. The van der Waals surface area contributed by atoms with E-state index in [-0.39, 0.29) is 0 Å². The molecule has 2 aromatic carbocycles. The summed E-state index contributed by atoms with van der Waals surface area (Å²) in [5.74, 6) is 0.784. The number of benzene rings is 2. The van der Waals surface area contributed by atoms with E-state index in [1.807, 2.05) is 52.0 Å². The van der Waals surface area contributed by atoms with E-state index in [4.69, 9.17) is 0 Å². The van der Waals surface area contributed by atoms with Crippen molar-refractivity contribution in [1.29, 1.82) is 0 Å². The smallest absolute Gasteiger partial charge is 0.121 e. The van der Waals surface area contributed by atoms with Crippen LogP contribution in [0.15, 0.2) is 33.2 Å². The summed E-state index contributed by atoms with van der Waals surface area (Å²) in [6.07, 6.45) is 0. The Balaban J connectivity index is 0.000000200. The highest BCUT2D eigenvalue weighted by Crippen LogP contribution is 2.26. The van der Waals surface area contributed by atoms with Crippen LogP contribution in [0.3, 0.4) is 0 Å². The summed E-state index contributed by atoms with van der Waals surface area (Å²) < 4.78 is 2.03. The van der Waals surface area contributed by atoms with E-state index in [1.165, 1.54) is 0 Å². The number of hydrogen-bond acceptors (Lipinski definition) is 2. The zero-order valence-corrected chi connectivity index (χ0v) is 15.1. The molecule has 2 N–H and O–H groups in total. The Labute approximate surface area is 136 Å². The summed E-state index contributed by atoms with van der Waals surface area (Å²) in [6, 6.07) is 7.56. The van der Waals surface area contributed by atoms with E-state index in [9.17, 15) is 10.2 Å². The van der Waals surface area contributed by atoms with Crippen molar-refractivity contribution in [3.05, 3.63) is 55.5 Å². The number of phenolic OH excluding ortho intramolecular Hbond substituents is 2. The van der Waals surface area contributed by atoms with E-state index in [0.29, 0.717) is 11.5 Å². The number of hydrogen-bond donors (Lipinski definition) is 2. The van der Waals surface area contributed by atoms with Gasteiger partial charge in [-0.05, 0) is 74.2 Å². The van der Waals surface area contributed by atoms with Crippen molar-refractivity contribution in [3.8, 4) is 11.5 Å². The molecule has 0 aliphatic carbocycles. The van der Waals surface area contributed by atoms with Gasteiger partial charge in [0.2, 0.25) is 0 Å². The van der Waals surface area contributed by atoms with Gasteiger partial charge < -0.3 is 10.2 Å². The molecule has 0 radical (unpaired) electrons. The third kappa shape index (κ3) is 4.53. The monoisotopic (exact) mass is 400 g/mol. The van der Waals surface area contributed by atoms with Crippen LogP contribution >= 0.6 is 31.9 Å². The molecule has 108 valence electrons. The van der Waals surface area contributed by atoms with Gasteiger partial charge in [0, 0.05) is 8.95 Å². The minimum Gasteiger partial charge on any atom is -0.507 e. The molecular weight excluding hydrogens is 384 g/mol. The fourth-order valence-electron chi connectivity index (χ4n) is 1.81. The van der Waals surface area contributed by atoms with Crippen LogP contribution in [0.2, 0.25) is 0 Å². The quantitative estimate of drug-likeness (QED) is 0.608. The number of aryl methyl sites for hydroxylation is 4. The lowest BCUT2D eigenvalue weighted by Crippen LogP contribution is -1.79. The predicted octanol–water partition coefficient (Wildman–Crippen LogP) is 5.54. The molecule has 0 atom stereocenters. The lowest BCUT2D eigenvalue weighted by Gasteiger charge is -2.02. The molecule has 0 unspecified atom stereocenters. The number of rotatable bonds is 0. The molecule has 0 saturated heterocycles. The van der Waals surface area contributed by atoms with Gasteiger partial charge >= 0.3 is 0 Å². The molecule has 0 bridgehead atoms. The fraction of sp³-hybridized carbons (Fsp3) is 0.250. The fourth-order valence-corrected chi connectivity index (χ4v) is 3.18. The first-order valence-electron chi connectivity index (χ1n) is 6.13. The van der Waals surface area contributed by atoms with Crippen LogP contribution in [0.1, 0.15) is 22.3 Å². The molecule has 0 aliphatic heterocycles. The van der Waals surface area contributed by atoms with Crippen LogP contribution in [0, 0.1) is 27.7 Å². The van der Waals surface area contributed by atoms with Gasteiger partial charge in [-0.1, -0.05) is 31.9 Å². The first kappa shape index (κ1) is 17.1. The molecule has 0 fully saturated rings. The topological polar surface area (TPSA) is 40.5 Å². The second-order valence-electron chi connectivity index (χ2n) is 4.78. The molecular formula is C16H18Br2O2. The summed E-state index contributed by atoms with van der Waals surface area (Å²) in [5, 5.41) is 18.6. The molecule has 2 nitrogen and oxygen atoms in total. The molecule has 0 aliphatic rings. The Hall–Kier alpha value is -1.00. The lowest BCUT2D eigenvalue weighted by molar-refractivity contribution is 0.466. The second-order valence-corrected chi connectivity index (χ2v) is 6.61. The van der Waals surface area contributed by atoms with Gasteiger partial charge in [0.15, 0.2) is 0 Å². The van der Waals surface area contributed by atoms with Crippen molar-refractivity contribution in [2.24, 2.45) is 0 Å². The number of phenols is 2. The molecule has 0 amide bonds. The van der Waals surface area contributed by atoms with E-state index in [1.54, 1.807) is 0 Å². The number of halogens is 2. The van der Waals surface area contributed by atoms with E-state index in [0.717, 1.165) is 31.2 Å². The summed E-state index contributed by atoms with van der Waals surface area (Å²) in [7, 11) is 0. The average molecular weight is 402 g/mol. The van der Waals surface area contributed by atoms with Gasteiger partial charge in [-0.3, -0.25) is 0 Å². The van der Waals surface area contributed by atoms with E-state index in [2.05, 4.69) is 31.9 Å². The van der Waals surface area contributed by atoms with E-state index < -0.39 is 0 Å². The van der Waals surface area contributed by atoms with Crippen LogP contribution in [0.4, 0.5) is 0 Å². The summed E-state index contributed by atoms with van der Waals surface area (Å²) in [4.78, 5) is 0. The summed E-state index contributed by atoms with van der Waals surface area (Å²) >= 11 is 6.67. The van der Waals surface area contributed by atoms with Crippen molar-refractivity contribution in [2.45, 2.75) is 27.7 Å². The van der Waals surface area contributed by atoms with Gasteiger partial charge in [-0.2, -0.15) is 0 Å². The molecule has 2 aromatic rings. The van der Waals surface area contributed by atoms with Crippen molar-refractivity contribution >= 4 is 31.9 Å². The van der Waals surface area contributed by atoms with Gasteiger partial charge in [-0.25, -0.2) is 0 Å². The highest BCUT2D eigenvalue weighted by Gasteiger charge is 2.00. The highest BCUT2D eigenvalue weighted by molar-refractivity contribution is 9.10. The van der Waals surface area contributed by atoms with Crippen LogP contribution in [-0.4, -0.2) is 10.2 Å². The van der Waals surface area contributed by atoms with Crippen molar-refractivity contribution in [3.63, 3.8) is 0 Å². The maximum Gasteiger partial charge on any atom is 0.121 e. The van der Waals surface area contributed by atoms with Crippen molar-refractivity contribution in [1.82, 2.24) is 0 Å². The van der Waals surface area contributed by atoms with Crippen LogP contribution < -0.4 is 0 Å². The van der Waals surface area contributed by atoms with Gasteiger partial charge in [0.25, 0.3) is 0 Å². The normalized spacial score (nSPS) is 9.90. The van der Waals surface area contributed by atoms with Crippen LogP contribution in [0.5, 0.6) is 11.5 Å². The first-order chi connectivity index (χ1) is 9.22. The summed E-state index contributed by atoms with van der Waals surface area (Å²) in [5.41, 5.74) is 3.64.